The maximum absolute atomic E-state index is 14.2. The smallest absolute Gasteiger partial charge is 0.406 e. The molecule has 5 atom stereocenters. The van der Waals surface area contributed by atoms with E-state index in [0.29, 0.717) is 17.8 Å². The Hall–Kier alpha value is -2.36. The minimum Gasteiger partial charge on any atom is -0.476 e. The first-order chi connectivity index (χ1) is 20.2. The molecule has 14 nitrogen and oxygen atoms in total. The molecule has 43 heavy (non-hydrogen) atoms. The number of nitrogens with two attached hydrogens (primary N) is 1. The number of ether oxygens (including phenoxy) is 3. The number of carbonyl (C=O) groups excluding carboxylic acids is 2. The van der Waals surface area contributed by atoms with E-state index in [-0.39, 0.29) is 48.2 Å². The lowest BCUT2D eigenvalue weighted by molar-refractivity contribution is -0.143. The molecule has 0 spiro atoms. The minimum absolute atomic E-state index is 0.0190. The number of fused-ring (bicyclic) bond motifs is 1. The first-order valence-electron chi connectivity index (χ1n) is 14.0. The first-order valence-corrected chi connectivity index (χ1v) is 16.5. The number of halogens is 1. The normalized spacial score (nSPS) is 21.2. The molecule has 0 amide bonds. The van der Waals surface area contributed by atoms with Gasteiger partial charge in [-0.25, -0.2) is 14.6 Å². The number of nitrogens with zero attached hydrogens (tertiary/aromatic N) is 4. The molecule has 0 aromatic carbocycles. The molecule has 17 heteroatoms. The molecule has 3 rings (SSSR count). The lowest BCUT2D eigenvalue weighted by atomic mass is 10.00. The largest absolute Gasteiger partial charge is 0.476 e. The van der Waals surface area contributed by atoms with Crippen molar-refractivity contribution >= 4 is 47.7 Å². The van der Waals surface area contributed by atoms with Crippen LogP contribution in [0.15, 0.2) is 6.33 Å². The molecule has 0 bridgehead atoms. The van der Waals surface area contributed by atoms with Gasteiger partial charge in [0.25, 0.3) is 0 Å². The maximum Gasteiger partial charge on any atom is 0.406 e. The second-order valence-corrected chi connectivity index (χ2v) is 14.1. The Kier molecular flexibility index (Phi) is 12.3. The fourth-order valence-corrected chi connectivity index (χ4v) is 6.77. The van der Waals surface area contributed by atoms with Crippen LogP contribution in [0.4, 0.5) is 10.3 Å². The van der Waals surface area contributed by atoms with E-state index in [1.807, 2.05) is 0 Å². The molecule has 3 heterocycles. The van der Waals surface area contributed by atoms with E-state index in [2.05, 4.69) is 20.0 Å². The van der Waals surface area contributed by atoms with Gasteiger partial charge in [0.2, 0.25) is 11.8 Å². The molecule has 1 saturated heterocycles. The first kappa shape index (κ1) is 35.1. The number of alkyl halides is 1. The van der Waals surface area contributed by atoms with Gasteiger partial charge >= 0.3 is 13.7 Å². The van der Waals surface area contributed by atoms with Crippen molar-refractivity contribution in [3.8, 4) is 5.88 Å². The Balaban J connectivity index is 1.77. The van der Waals surface area contributed by atoms with Crippen LogP contribution in [0.25, 0.3) is 11.2 Å². The number of rotatable bonds is 15. The van der Waals surface area contributed by atoms with Gasteiger partial charge in [0, 0.05) is 23.5 Å². The highest BCUT2D eigenvalue weighted by Crippen LogP contribution is 2.47. The predicted molar refractivity (Wildman–Crippen MR) is 159 cm³/mol. The zero-order valence-electron chi connectivity index (χ0n) is 25.6. The number of anilines is 1. The maximum atomic E-state index is 14.2. The Morgan fingerprint density at radius 3 is 2.63 bits per heavy atom. The van der Waals surface area contributed by atoms with Crippen LogP contribution in [-0.2, 0) is 32.7 Å². The van der Waals surface area contributed by atoms with Gasteiger partial charge in [-0.2, -0.15) is 9.97 Å². The summed E-state index contributed by atoms with van der Waals surface area (Å²) in [5.74, 6) is -1.20. The van der Waals surface area contributed by atoms with Gasteiger partial charge in [-0.05, 0) is 12.8 Å². The number of thioether (sulfide) groups is 1. The number of carbonyl (C=O) groups is 2. The summed E-state index contributed by atoms with van der Waals surface area (Å²) in [7, 11) is -2.96. The molecule has 0 aliphatic carbocycles. The van der Waals surface area contributed by atoms with E-state index in [9.17, 15) is 18.5 Å². The van der Waals surface area contributed by atoms with E-state index in [4.69, 9.17) is 29.0 Å². The Morgan fingerprint density at radius 1 is 1.30 bits per heavy atom. The van der Waals surface area contributed by atoms with Crippen LogP contribution in [0.5, 0.6) is 5.88 Å². The Labute approximate surface area is 254 Å². The summed E-state index contributed by atoms with van der Waals surface area (Å²) in [6.07, 6.45) is 0.212. The minimum atomic E-state index is -4.18. The molecule has 2 aromatic rings. The molecule has 3 N–H and O–H groups in total. The highest BCUT2D eigenvalue weighted by molar-refractivity contribution is 8.13. The highest BCUT2D eigenvalue weighted by Gasteiger charge is 2.41. The topological polar surface area (TPSA) is 179 Å². The van der Waals surface area contributed by atoms with Crippen molar-refractivity contribution in [1.29, 1.82) is 0 Å². The number of hydrogen-bond acceptors (Lipinski definition) is 13. The van der Waals surface area contributed by atoms with Crippen LogP contribution >= 0.6 is 19.5 Å². The molecule has 1 aliphatic heterocycles. The SMILES string of the molecule is CCOc1nc(N)nc2c1ncn2C1CC(CF)C(COP(=O)(NC(C(=O)OC)C(C)C)OCCSC(=O)C(C)(C)C)O1. The highest BCUT2D eigenvalue weighted by atomic mass is 32.2. The second-order valence-electron chi connectivity index (χ2n) is 11.3. The molecule has 242 valence electrons. The summed E-state index contributed by atoms with van der Waals surface area (Å²) >= 11 is 1.04. The van der Waals surface area contributed by atoms with Gasteiger partial charge in [-0.15, -0.1) is 0 Å². The van der Waals surface area contributed by atoms with Crippen LogP contribution in [-0.4, -0.2) is 82.1 Å². The second kappa shape index (κ2) is 15.1. The van der Waals surface area contributed by atoms with E-state index in [0.717, 1.165) is 11.8 Å². The number of nitrogens with one attached hydrogen (secondary N) is 1. The average molecular weight is 649 g/mol. The summed E-state index contributed by atoms with van der Waals surface area (Å²) in [5.41, 5.74) is 6.05. The monoisotopic (exact) mass is 648 g/mol. The summed E-state index contributed by atoms with van der Waals surface area (Å²) in [6, 6.07) is -1.02. The molecule has 2 aromatic heterocycles. The van der Waals surface area contributed by atoms with E-state index in [1.54, 1.807) is 46.1 Å². The average Bonchev–Trinajstić information content (AvgIpc) is 3.56. The van der Waals surface area contributed by atoms with E-state index in [1.165, 1.54) is 13.4 Å². The molecule has 0 radical (unpaired) electrons. The lowest BCUT2D eigenvalue weighted by Crippen LogP contribution is -2.41. The van der Waals surface area contributed by atoms with Crippen LogP contribution in [0, 0.1) is 17.3 Å². The molecule has 5 unspecified atom stereocenters. The standard InChI is InChI=1S/C26H42FN6O8PS/c1-8-38-22-20-21(30-25(28)31-22)33(14-29-20)18-11-16(12-27)17(41-18)13-40-42(36,32-19(15(2)3)23(34)37-7)39-9-10-43-24(35)26(4,5)6/h14-19H,8-13H2,1-7H3,(H,32,36)(H2,28,30,31). The quantitative estimate of drug-likeness (QED) is 0.161. The summed E-state index contributed by atoms with van der Waals surface area (Å²) in [5, 5.41) is 2.62. The van der Waals surface area contributed by atoms with E-state index >= 15 is 0 Å². The van der Waals surface area contributed by atoms with Crippen LogP contribution < -0.4 is 15.6 Å². The van der Waals surface area contributed by atoms with Gasteiger partial charge in [0.15, 0.2) is 16.3 Å². The predicted octanol–water partition coefficient (Wildman–Crippen LogP) is 3.91. The van der Waals surface area contributed by atoms with Crippen LogP contribution in [0.2, 0.25) is 0 Å². The third-order valence-electron chi connectivity index (χ3n) is 6.58. The number of methoxy groups -OCH3 is 1. The zero-order chi connectivity index (χ0) is 31.9. The van der Waals surface area contributed by atoms with Crippen molar-refractivity contribution in [2.75, 3.05) is 45.1 Å². The van der Waals surface area contributed by atoms with Crippen molar-refractivity contribution in [2.45, 2.75) is 66.3 Å². The molecule has 1 aliphatic rings. The van der Waals surface area contributed by atoms with Gasteiger partial charge < -0.3 is 19.9 Å². The molecule has 0 saturated carbocycles. The fourth-order valence-electron chi connectivity index (χ4n) is 4.21. The molecule has 1 fully saturated rings. The van der Waals surface area contributed by atoms with Crippen LogP contribution in [0.1, 0.15) is 54.2 Å². The Morgan fingerprint density at radius 2 is 2.02 bits per heavy atom. The van der Waals surface area contributed by atoms with Crippen molar-refractivity contribution in [1.82, 2.24) is 24.6 Å². The van der Waals surface area contributed by atoms with Gasteiger partial charge in [-0.3, -0.25) is 27.6 Å². The number of esters is 1. The van der Waals surface area contributed by atoms with Gasteiger partial charge in [0.05, 0.1) is 46.0 Å². The molecular weight excluding hydrogens is 606 g/mol. The fraction of sp³-hybridized carbons (Fsp3) is 0.731. The van der Waals surface area contributed by atoms with Crippen molar-refractivity contribution < 1.29 is 41.8 Å². The lowest BCUT2D eigenvalue weighted by Gasteiger charge is -2.27. The number of hydrogen-bond donors (Lipinski definition) is 2. The molecular formula is C26H42FN6O8PS. The van der Waals surface area contributed by atoms with Gasteiger partial charge in [-0.1, -0.05) is 46.4 Å². The number of imidazole rings is 1. The zero-order valence-corrected chi connectivity index (χ0v) is 27.3. The summed E-state index contributed by atoms with van der Waals surface area (Å²) < 4.78 is 57.6. The summed E-state index contributed by atoms with van der Waals surface area (Å²) in [6.45, 7) is 9.84. The third-order valence-corrected chi connectivity index (χ3v) is 9.43. The number of nitrogen functional groups attached to an aromatic ring is 1. The number of aromatic nitrogens is 4. The van der Waals surface area contributed by atoms with E-state index < -0.39 is 50.1 Å². The van der Waals surface area contributed by atoms with Crippen molar-refractivity contribution in [2.24, 2.45) is 17.3 Å². The van der Waals surface area contributed by atoms with Crippen molar-refractivity contribution in [3.05, 3.63) is 6.33 Å². The third kappa shape index (κ3) is 9.08. The van der Waals surface area contributed by atoms with Crippen molar-refractivity contribution in [3.63, 3.8) is 0 Å². The summed E-state index contributed by atoms with van der Waals surface area (Å²) in [4.78, 5) is 37.4. The Bertz CT molecular complexity index is 1310. The van der Waals surface area contributed by atoms with Crippen LogP contribution in [0.3, 0.4) is 0 Å². The van der Waals surface area contributed by atoms with Gasteiger partial charge in [0.1, 0.15) is 12.3 Å².